The third kappa shape index (κ3) is 2.77. The lowest BCUT2D eigenvalue weighted by molar-refractivity contribution is -0.286. The van der Waals surface area contributed by atoms with Gasteiger partial charge in [-0.3, -0.25) is 0 Å². The summed E-state index contributed by atoms with van der Waals surface area (Å²) in [6.07, 6.45) is 0.187. The van der Waals surface area contributed by atoms with Gasteiger partial charge in [-0.15, -0.1) is 8.78 Å². The summed E-state index contributed by atoms with van der Waals surface area (Å²) in [5.41, 5.74) is 0.920. The van der Waals surface area contributed by atoms with Crippen molar-refractivity contribution in [2.45, 2.75) is 31.6 Å². The molecule has 1 aromatic carbocycles. The van der Waals surface area contributed by atoms with E-state index in [1.54, 1.807) is 12.1 Å². The zero-order valence-corrected chi connectivity index (χ0v) is 11.6. The van der Waals surface area contributed by atoms with Crippen molar-refractivity contribution in [3.63, 3.8) is 0 Å². The molecule has 3 aliphatic rings. The Hall–Kier alpha value is -1.56. The number of hydrogen-bond acceptors (Lipinski definition) is 4. The predicted octanol–water partition coefficient (Wildman–Crippen LogP) is 2.59. The van der Waals surface area contributed by atoms with Crippen LogP contribution in [0.3, 0.4) is 0 Å². The molecule has 1 unspecified atom stereocenters. The van der Waals surface area contributed by atoms with Crippen LogP contribution in [0.1, 0.15) is 19.3 Å². The minimum Gasteiger partial charge on any atom is -0.395 e. The first kappa shape index (κ1) is 13.1. The first-order valence-electron chi connectivity index (χ1n) is 7.47. The molecule has 4 nitrogen and oxygen atoms in total. The molecule has 2 heterocycles. The molecule has 2 aliphatic heterocycles. The maximum absolute atomic E-state index is 13.0. The Morgan fingerprint density at radius 2 is 2.00 bits per heavy atom. The Labute approximate surface area is 122 Å². The molecule has 114 valence electrons. The van der Waals surface area contributed by atoms with Crippen LogP contribution in [0, 0.1) is 5.92 Å². The zero-order valence-electron chi connectivity index (χ0n) is 11.6. The molecule has 21 heavy (non-hydrogen) atoms. The van der Waals surface area contributed by atoms with E-state index in [0.29, 0.717) is 5.92 Å². The Morgan fingerprint density at radius 3 is 2.81 bits per heavy atom. The largest absolute Gasteiger partial charge is 0.586 e. The maximum atomic E-state index is 13.0. The average molecular weight is 296 g/mol. The second-order valence-corrected chi connectivity index (χ2v) is 6.08. The molecule has 0 bridgehead atoms. The van der Waals surface area contributed by atoms with Crippen molar-refractivity contribution in [3.05, 3.63) is 18.2 Å². The van der Waals surface area contributed by atoms with E-state index in [2.05, 4.69) is 19.7 Å². The fourth-order valence-electron chi connectivity index (χ4n) is 2.99. The van der Waals surface area contributed by atoms with Crippen molar-refractivity contribution < 1.29 is 18.3 Å². The normalized spacial score (nSPS) is 26.4. The molecule has 0 aromatic heterocycles. The van der Waals surface area contributed by atoms with Crippen LogP contribution >= 0.6 is 0 Å². The van der Waals surface area contributed by atoms with Crippen molar-refractivity contribution in [1.82, 2.24) is 5.32 Å². The van der Waals surface area contributed by atoms with E-state index in [0.717, 1.165) is 37.8 Å². The Morgan fingerprint density at radius 1 is 1.19 bits per heavy atom. The number of alkyl halides is 2. The molecule has 0 radical (unpaired) electrons. The van der Waals surface area contributed by atoms with Crippen LogP contribution in [0.25, 0.3) is 0 Å². The second-order valence-electron chi connectivity index (χ2n) is 6.08. The van der Waals surface area contributed by atoms with E-state index < -0.39 is 6.29 Å². The number of anilines is 1. The van der Waals surface area contributed by atoms with Gasteiger partial charge in [0.25, 0.3) is 0 Å². The average Bonchev–Trinajstić information content (AvgIpc) is 3.04. The molecule has 0 spiro atoms. The highest BCUT2D eigenvalue weighted by Crippen LogP contribution is 2.43. The number of nitrogens with one attached hydrogen (secondary N) is 1. The third-order valence-corrected chi connectivity index (χ3v) is 4.31. The van der Waals surface area contributed by atoms with Gasteiger partial charge >= 0.3 is 6.29 Å². The number of rotatable bonds is 4. The Kier molecular flexibility index (Phi) is 2.96. The number of nitrogens with zero attached hydrogens (tertiary/aromatic N) is 1. The highest BCUT2D eigenvalue weighted by molar-refractivity contribution is 5.58. The minimum absolute atomic E-state index is 0.106. The van der Waals surface area contributed by atoms with Gasteiger partial charge in [-0.2, -0.15) is 0 Å². The summed E-state index contributed by atoms with van der Waals surface area (Å²) >= 11 is 0. The van der Waals surface area contributed by atoms with Gasteiger partial charge < -0.3 is 19.7 Å². The van der Waals surface area contributed by atoms with Gasteiger partial charge in [0.1, 0.15) is 0 Å². The first-order valence-corrected chi connectivity index (χ1v) is 7.47. The molecule has 0 amide bonds. The molecule has 2 fully saturated rings. The SMILES string of the molecule is FC1(F)Oc2ccc(N3CCC(CNC4CC4)C3)cc2O1. The van der Waals surface area contributed by atoms with Crippen LogP contribution in [0.5, 0.6) is 11.5 Å². The van der Waals surface area contributed by atoms with Crippen molar-refractivity contribution in [2.24, 2.45) is 5.92 Å². The van der Waals surface area contributed by atoms with Crippen molar-refractivity contribution in [1.29, 1.82) is 0 Å². The molecule has 4 rings (SSSR count). The van der Waals surface area contributed by atoms with E-state index in [4.69, 9.17) is 0 Å². The monoisotopic (exact) mass is 296 g/mol. The van der Waals surface area contributed by atoms with Crippen molar-refractivity contribution >= 4 is 5.69 Å². The van der Waals surface area contributed by atoms with Crippen LogP contribution in [-0.2, 0) is 0 Å². The lowest BCUT2D eigenvalue weighted by Gasteiger charge is -2.19. The summed E-state index contributed by atoms with van der Waals surface area (Å²) in [5, 5.41) is 3.55. The number of halogens is 2. The van der Waals surface area contributed by atoms with E-state index in [9.17, 15) is 8.78 Å². The molecule has 1 saturated carbocycles. The standard InChI is InChI=1S/C15H18F2N2O2/c16-15(17)20-13-4-3-12(7-14(13)21-15)19-6-5-10(9-19)8-18-11-1-2-11/h3-4,7,10-11,18H,1-2,5-6,8-9H2. The fraction of sp³-hybridized carbons (Fsp3) is 0.600. The number of hydrogen-bond donors (Lipinski definition) is 1. The summed E-state index contributed by atoms with van der Waals surface area (Å²) in [4.78, 5) is 2.22. The topological polar surface area (TPSA) is 33.7 Å². The zero-order chi connectivity index (χ0) is 14.4. The van der Waals surface area contributed by atoms with E-state index >= 15 is 0 Å². The third-order valence-electron chi connectivity index (χ3n) is 4.31. The van der Waals surface area contributed by atoms with E-state index in [1.807, 2.05) is 6.07 Å². The van der Waals surface area contributed by atoms with Crippen LogP contribution in [0.15, 0.2) is 18.2 Å². The van der Waals surface area contributed by atoms with Crippen molar-refractivity contribution in [3.8, 4) is 11.5 Å². The van der Waals surface area contributed by atoms with Gasteiger partial charge in [-0.25, -0.2) is 0 Å². The Bertz CT molecular complexity index is 548. The van der Waals surface area contributed by atoms with Crippen LogP contribution in [0.4, 0.5) is 14.5 Å². The fourth-order valence-corrected chi connectivity index (χ4v) is 2.99. The summed E-state index contributed by atoms with van der Waals surface area (Å²) in [5.74, 6) is 0.851. The molecule has 1 atom stereocenters. The van der Waals surface area contributed by atoms with Gasteiger partial charge in [0, 0.05) is 30.9 Å². The highest BCUT2D eigenvalue weighted by Gasteiger charge is 2.43. The van der Waals surface area contributed by atoms with E-state index in [-0.39, 0.29) is 11.5 Å². The van der Waals surface area contributed by atoms with Gasteiger partial charge in [-0.1, -0.05) is 0 Å². The summed E-state index contributed by atoms with van der Waals surface area (Å²) < 4.78 is 35.0. The molecule has 1 N–H and O–H groups in total. The van der Waals surface area contributed by atoms with Crippen LogP contribution < -0.4 is 19.7 Å². The molecule has 1 saturated heterocycles. The highest BCUT2D eigenvalue weighted by atomic mass is 19.3. The molecular formula is C15H18F2N2O2. The summed E-state index contributed by atoms with van der Waals surface area (Å²) in [6, 6.07) is 5.75. The quantitative estimate of drug-likeness (QED) is 0.926. The number of benzene rings is 1. The number of ether oxygens (including phenoxy) is 2. The first-order chi connectivity index (χ1) is 10.1. The van der Waals surface area contributed by atoms with Crippen LogP contribution in [-0.4, -0.2) is 32.0 Å². The molecule has 1 aromatic rings. The molecule has 1 aliphatic carbocycles. The number of fused-ring (bicyclic) bond motifs is 1. The second kappa shape index (κ2) is 4.73. The predicted molar refractivity (Wildman–Crippen MR) is 74.0 cm³/mol. The molecular weight excluding hydrogens is 278 g/mol. The van der Waals surface area contributed by atoms with Gasteiger partial charge in [0.05, 0.1) is 0 Å². The van der Waals surface area contributed by atoms with Gasteiger partial charge in [0.15, 0.2) is 11.5 Å². The smallest absolute Gasteiger partial charge is 0.395 e. The lowest BCUT2D eigenvalue weighted by atomic mass is 10.1. The summed E-state index contributed by atoms with van der Waals surface area (Å²) in [6.45, 7) is 2.95. The molecule has 6 heteroatoms. The van der Waals surface area contributed by atoms with Crippen molar-refractivity contribution in [2.75, 3.05) is 24.5 Å². The lowest BCUT2D eigenvalue weighted by Crippen LogP contribution is -2.27. The van der Waals surface area contributed by atoms with Crippen LogP contribution in [0.2, 0.25) is 0 Å². The van der Waals surface area contributed by atoms with E-state index in [1.165, 1.54) is 12.8 Å². The minimum atomic E-state index is -3.54. The van der Waals surface area contributed by atoms with Gasteiger partial charge in [-0.05, 0) is 43.9 Å². The summed E-state index contributed by atoms with van der Waals surface area (Å²) in [7, 11) is 0. The van der Waals surface area contributed by atoms with Gasteiger partial charge in [0.2, 0.25) is 0 Å². The Balaban J connectivity index is 1.41. The maximum Gasteiger partial charge on any atom is 0.586 e.